The molecular formula is C19H16N2O4S. The highest BCUT2D eigenvalue weighted by Gasteiger charge is 2.21. The number of rotatable bonds is 3. The van der Waals surface area contributed by atoms with Gasteiger partial charge in [0.1, 0.15) is 0 Å². The number of benzene rings is 3. The zero-order chi connectivity index (χ0) is 18.5. The van der Waals surface area contributed by atoms with Gasteiger partial charge in [0.25, 0.3) is 10.0 Å². The van der Waals surface area contributed by atoms with Gasteiger partial charge in [-0.1, -0.05) is 36.4 Å². The van der Waals surface area contributed by atoms with Crippen LogP contribution in [0.3, 0.4) is 0 Å². The molecule has 1 aromatic heterocycles. The number of fused-ring (bicyclic) bond motifs is 2. The highest BCUT2D eigenvalue weighted by atomic mass is 32.2. The van der Waals surface area contributed by atoms with Crippen LogP contribution in [0.1, 0.15) is 5.56 Å². The zero-order valence-electron chi connectivity index (χ0n) is 14.2. The summed E-state index contributed by atoms with van der Waals surface area (Å²) in [4.78, 5) is 11.8. The third kappa shape index (κ3) is 2.57. The third-order valence-corrected chi connectivity index (χ3v) is 5.92. The molecule has 1 heterocycles. The summed E-state index contributed by atoms with van der Waals surface area (Å²) in [5.41, 5.74) is 1.82. The Hall–Kier alpha value is -3.06. The Kier molecular flexibility index (Phi) is 3.62. The van der Waals surface area contributed by atoms with Gasteiger partial charge in [-0.3, -0.25) is 9.29 Å². The quantitative estimate of drug-likeness (QED) is 0.601. The van der Waals surface area contributed by atoms with Crippen molar-refractivity contribution in [1.29, 1.82) is 0 Å². The molecule has 0 aliphatic carbocycles. The van der Waals surface area contributed by atoms with E-state index in [1.807, 2.05) is 30.3 Å². The lowest BCUT2D eigenvalue weighted by Crippen LogP contribution is -2.14. The van der Waals surface area contributed by atoms with Crippen molar-refractivity contribution >= 4 is 37.6 Å². The molecule has 0 spiro atoms. The van der Waals surface area contributed by atoms with Crippen molar-refractivity contribution in [3.63, 3.8) is 0 Å². The molecule has 0 fully saturated rings. The molecule has 6 nitrogen and oxygen atoms in total. The Morgan fingerprint density at radius 3 is 2.58 bits per heavy atom. The maximum atomic E-state index is 13.0. The van der Waals surface area contributed by atoms with Crippen LogP contribution in [-0.2, 0) is 17.1 Å². The molecule has 0 bridgehead atoms. The van der Waals surface area contributed by atoms with Crippen molar-refractivity contribution in [1.82, 2.24) is 4.57 Å². The summed E-state index contributed by atoms with van der Waals surface area (Å²) in [5, 5.41) is 1.75. The van der Waals surface area contributed by atoms with E-state index in [4.69, 9.17) is 4.42 Å². The lowest BCUT2D eigenvalue weighted by Gasteiger charge is -2.12. The van der Waals surface area contributed by atoms with Gasteiger partial charge >= 0.3 is 5.76 Å². The molecule has 1 N–H and O–H groups in total. The molecule has 4 aromatic rings. The molecule has 0 saturated carbocycles. The van der Waals surface area contributed by atoms with Gasteiger partial charge in [0.2, 0.25) is 0 Å². The Balaban J connectivity index is 1.85. The number of nitrogens with one attached hydrogen (secondary N) is 1. The van der Waals surface area contributed by atoms with E-state index in [1.165, 1.54) is 10.6 Å². The minimum atomic E-state index is -3.85. The highest BCUT2D eigenvalue weighted by molar-refractivity contribution is 7.92. The fourth-order valence-corrected chi connectivity index (χ4v) is 4.39. The van der Waals surface area contributed by atoms with Crippen molar-refractivity contribution in [3.05, 3.63) is 70.7 Å². The molecule has 0 unspecified atom stereocenters. The van der Waals surface area contributed by atoms with Crippen LogP contribution in [-0.4, -0.2) is 13.0 Å². The summed E-state index contributed by atoms with van der Waals surface area (Å²) in [7, 11) is -2.27. The Morgan fingerprint density at radius 2 is 1.77 bits per heavy atom. The largest absolute Gasteiger partial charge is 0.419 e. The third-order valence-electron chi connectivity index (χ3n) is 4.41. The number of anilines is 1. The normalized spacial score (nSPS) is 11.9. The lowest BCUT2D eigenvalue weighted by molar-refractivity contribution is 0.527. The first-order chi connectivity index (χ1) is 12.4. The van der Waals surface area contributed by atoms with Gasteiger partial charge in [-0.25, -0.2) is 13.2 Å². The second kappa shape index (κ2) is 5.74. The van der Waals surface area contributed by atoms with E-state index in [0.29, 0.717) is 16.8 Å². The molecule has 0 radical (unpaired) electrons. The van der Waals surface area contributed by atoms with Gasteiger partial charge in [-0.15, -0.1) is 0 Å². The second-order valence-corrected chi connectivity index (χ2v) is 7.80. The van der Waals surface area contributed by atoms with E-state index >= 15 is 0 Å². The zero-order valence-corrected chi connectivity index (χ0v) is 15.0. The average Bonchev–Trinajstić information content (AvgIpc) is 2.88. The SMILES string of the molecule is Cc1cc2c(cc1S(=O)(=O)Nc1cccc3ccccc13)oc(=O)n2C. The molecule has 0 saturated heterocycles. The first-order valence-electron chi connectivity index (χ1n) is 7.97. The van der Waals surface area contributed by atoms with Crippen LogP contribution in [0.15, 0.2) is 68.7 Å². The van der Waals surface area contributed by atoms with Crippen molar-refractivity contribution in [2.24, 2.45) is 7.05 Å². The maximum Gasteiger partial charge on any atom is 0.419 e. The van der Waals surface area contributed by atoms with E-state index in [0.717, 1.165) is 10.8 Å². The van der Waals surface area contributed by atoms with E-state index in [1.54, 1.807) is 32.2 Å². The van der Waals surface area contributed by atoms with Gasteiger partial charge in [0.05, 0.1) is 16.1 Å². The van der Waals surface area contributed by atoms with Crippen LogP contribution in [0.5, 0.6) is 0 Å². The van der Waals surface area contributed by atoms with Gasteiger partial charge in [0, 0.05) is 18.5 Å². The van der Waals surface area contributed by atoms with Crippen molar-refractivity contribution in [3.8, 4) is 0 Å². The van der Waals surface area contributed by atoms with Crippen LogP contribution < -0.4 is 10.5 Å². The Morgan fingerprint density at radius 1 is 1.04 bits per heavy atom. The molecule has 0 aliphatic rings. The summed E-state index contributed by atoms with van der Waals surface area (Å²) < 4.78 is 35.0. The van der Waals surface area contributed by atoms with Crippen molar-refractivity contribution in [2.45, 2.75) is 11.8 Å². The van der Waals surface area contributed by atoms with Gasteiger partial charge in [-0.2, -0.15) is 0 Å². The first kappa shape index (κ1) is 16.4. The summed E-state index contributed by atoms with van der Waals surface area (Å²) in [5.74, 6) is -0.532. The van der Waals surface area contributed by atoms with Crippen LogP contribution in [0.2, 0.25) is 0 Å². The first-order valence-corrected chi connectivity index (χ1v) is 9.46. The number of nitrogens with zero attached hydrogens (tertiary/aromatic N) is 1. The fourth-order valence-electron chi connectivity index (χ4n) is 3.06. The summed E-state index contributed by atoms with van der Waals surface area (Å²) >= 11 is 0. The highest BCUT2D eigenvalue weighted by Crippen LogP contribution is 2.28. The molecule has 3 aromatic carbocycles. The number of aryl methyl sites for hydroxylation is 2. The number of oxazole rings is 1. The van der Waals surface area contributed by atoms with E-state index in [2.05, 4.69) is 4.72 Å². The van der Waals surface area contributed by atoms with Crippen LogP contribution in [0.4, 0.5) is 5.69 Å². The van der Waals surface area contributed by atoms with Gasteiger partial charge in [0.15, 0.2) is 5.58 Å². The molecule has 4 rings (SSSR count). The van der Waals surface area contributed by atoms with E-state index in [9.17, 15) is 13.2 Å². The van der Waals surface area contributed by atoms with Gasteiger partial charge in [-0.05, 0) is 30.0 Å². The number of aromatic nitrogens is 1. The monoisotopic (exact) mass is 368 g/mol. The fraction of sp³-hybridized carbons (Fsp3) is 0.105. The standard InChI is InChI=1S/C19H16N2O4S/c1-12-10-16-17(25-19(22)21(16)2)11-18(12)26(23,24)20-15-9-5-7-13-6-3-4-8-14(13)15/h3-11,20H,1-2H3. The Labute approximate surface area is 149 Å². The lowest BCUT2D eigenvalue weighted by atomic mass is 10.1. The minimum Gasteiger partial charge on any atom is -0.408 e. The molecule has 0 amide bonds. The molecule has 0 aliphatic heterocycles. The van der Waals surface area contributed by atoms with Crippen LogP contribution >= 0.6 is 0 Å². The molecule has 7 heteroatoms. The molecule has 132 valence electrons. The average molecular weight is 368 g/mol. The topological polar surface area (TPSA) is 81.3 Å². The van der Waals surface area contributed by atoms with E-state index < -0.39 is 15.8 Å². The Bertz CT molecular complexity index is 1310. The number of sulfonamides is 1. The maximum absolute atomic E-state index is 13.0. The number of hydrogen-bond acceptors (Lipinski definition) is 4. The molecule has 26 heavy (non-hydrogen) atoms. The van der Waals surface area contributed by atoms with Crippen LogP contribution in [0, 0.1) is 6.92 Å². The van der Waals surface area contributed by atoms with E-state index in [-0.39, 0.29) is 10.5 Å². The van der Waals surface area contributed by atoms with Crippen molar-refractivity contribution in [2.75, 3.05) is 4.72 Å². The smallest absolute Gasteiger partial charge is 0.408 e. The summed E-state index contributed by atoms with van der Waals surface area (Å²) in [6.45, 7) is 1.69. The molecule has 0 atom stereocenters. The molecular weight excluding hydrogens is 352 g/mol. The van der Waals surface area contributed by atoms with Gasteiger partial charge < -0.3 is 4.42 Å². The summed E-state index contributed by atoms with van der Waals surface area (Å²) in [6.07, 6.45) is 0. The van der Waals surface area contributed by atoms with Crippen molar-refractivity contribution < 1.29 is 12.8 Å². The second-order valence-electron chi connectivity index (χ2n) is 6.14. The predicted octanol–water partition coefficient (Wildman–Crippen LogP) is 3.39. The predicted molar refractivity (Wildman–Crippen MR) is 101 cm³/mol. The minimum absolute atomic E-state index is 0.0762. The summed E-state index contributed by atoms with van der Waals surface area (Å²) in [6, 6.07) is 16.0. The number of hydrogen-bond donors (Lipinski definition) is 1. The van der Waals surface area contributed by atoms with Crippen LogP contribution in [0.25, 0.3) is 21.9 Å².